The third-order valence-corrected chi connectivity index (χ3v) is 4.40. The van der Waals surface area contributed by atoms with E-state index in [4.69, 9.17) is 0 Å². The largest absolute Gasteiger partial charge is 0.303 e. The van der Waals surface area contributed by atoms with Crippen LogP contribution in [0.2, 0.25) is 0 Å². The Hall–Kier alpha value is -0.640. The number of aldehydes is 1. The summed E-state index contributed by atoms with van der Waals surface area (Å²) in [6, 6.07) is 0. The van der Waals surface area contributed by atoms with Gasteiger partial charge in [-0.2, -0.15) is 0 Å². The van der Waals surface area contributed by atoms with Crippen LogP contribution in [0, 0.1) is 5.92 Å². The van der Waals surface area contributed by atoms with Crippen LogP contribution in [0.25, 0.3) is 0 Å². The second kappa shape index (κ2) is 4.73. The van der Waals surface area contributed by atoms with Crippen LogP contribution in [0.1, 0.15) is 25.7 Å². The molecule has 0 radical (unpaired) electrons. The van der Waals surface area contributed by atoms with E-state index in [1.165, 1.54) is 0 Å². The highest BCUT2D eigenvalue weighted by Crippen LogP contribution is 2.24. The first-order valence-corrected chi connectivity index (χ1v) is 6.66. The molecular formula is C10H16O3S. The lowest BCUT2D eigenvalue weighted by Crippen LogP contribution is -2.25. The molecule has 0 aromatic carbocycles. The van der Waals surface area contributed by atoms with Crippen molar-refractivity contribution in [3.8, 4) is 0 Å². The molecule has 0 aliphatic carbocycles. The minimum atomic E-state index is -2.82. The van der Waals surface area contributed by atoms with Gasteiger partial charge in [-0.15, -0.1) is 0 Å². The van der Waals surface area contributed by atoms with Crippen LogP contribution >= 0.6 is 0 Å². The van der Waals surface area contributed by atoms with Crippen molar-refractivity contribution in [2.24, 2.45) is 5.92 Å². The van der Waals surface area contributed by atoms with Crippen LogP contribution in [0.3, 0.4) is 0 Å². The summed E-state index contributed by atoms with van der Waals surface area (Å²) < 4.78 is 22.6. The Morgan fingerprint density at radius 1 is 1.50 bits per heavy atom. The molecular weight excluding hydrogens is 200 g/mol. The number of carbonyl (C=O) groups is 1. The summed E-state index contributed by atoms with van der Waals surface area (Å²) in [5, 5.41) is 0. The van der Waals surface area contributed by atoms with Gasteiger partial charge in [-0.05, 0) is 25.2 Å². The first-order valence-electron chi connectivity index (χ1n) is 4.84. The summed E-state index contributed by atoms with van der Waals surface area (Å²) in [4.78, 5) is 10.2. The van der Waals surface area contributed by atoms with Gasteiger partial charge in [-0.1, -0.05) is 12.2 Å². The lowest BCUT2D eigenvalue weighted by molar-refractivity contribution is -0.107. The molecule has 1 heterocycles. The van der Waals surface area contributed by atoms with Gasteiger partial charge in [-0.3, -0.25) is 0 Å². The first-order chi connectivity index (χ1) is 6.53. The second-order valence-corrected chi connectivity index (χ2v) is 6.18. The Balaban J connectivity index is 2.46. The molecule has 0 saturated carbocycles. The van der Waals surface area contributed by atoms with Crippen molar-refractivity contribution in [3.63, 3.8) is 0 Å². The molecule has 1 unspecified atom stereocenters. The third kappa shape index (κ3) is 3.62. The van der Waals surface area contributed by atoms with Crippen LogP contribution in [0.4, 0.5) is 0 Å². The fourth-order valence-corrected chi connectivity index (χ4v) is 3.66. The molecule has 1 saturated heterocycles. The fraction of sp³-hybridized carbons (Fsp3) is 0.700. The topological polar surface area (TPSA) is 51.2 Å². The molecule has 14 heavy (non-hydrogen) atoms. The standard InChI is InChI=1S/C10H16O3S/c1-9(4-5-11)7-10-3-2-6-14(12,13)8-10/h5,10H,1-4,6-8H2. The number of hydrogen-bond acceptors (Lipinski definition) is 3. The van der Waals surface area contributed by atoms with Crippen molar-refractivity contribution in [2.45, 2.75) is 25.7 Å². The number of hydrogen-bond donors (Lipinski definition) is 0. The molecule has 0 aromatic rings. The van der Waals surface area contributed by atoms with Gasteiger partial charge in [0.1, 0.15) is 6.29 Å². The second-order valence-electron chi connectivity index (χ2n) is 3.95. The Labute approximate surface area is 85.1 Å². The van der Waals surface area contributed by atoms with Gasteiger partial charge in [0.25, 0.3) is 0 Å². The number of carbonyl (C=O) groups excluding carboxylic acids is 1. The lowest BCUT2D eigenvalue weighted by atomic mass is 9.96. The zero-order chi connectivity index (χ0) is 10.6. The monoisotopic (exact) mass is 216 g/mol. The number of allylic oxidation sites excluding steroid dienone is 1. The summed E-state index contributed by atoms with van der Waals surface area (Å²) in [5.41, 5.74) is 0.849. The summed E-state index contributed by atoms with van der Waals surface area (Å²) in [5.74, 6) is 0.773. The van der Waals surface area contributed by atoms with E-state index < -0.39 is 9.84 Å². The lowest BCUT2D eigenvalue weighted by Gasteiger charge is -2.22. The van der Waals surface area contributed by atoms with Crippen LogP contribution in [-0.2, 0) is 14.6 Å². The van der Waals surface area contributed by atoms with Gasteiger partial charge in [0.05, 0.1) is 11.5 Å². The van der Waals surface area contributed by atoms with Crippen LogP contribution in [-0.4, -0.2) is 26.2 Å². The van der Waals surface area contributed by atoms with E-state index in [2.05, 4.69) is 6.58 Å². The summed E-state index contributed by atoms with van der Waals surface area (Å²) in [7, 11) is -2.82. The van der Waals surface area contributed by atoms with Crippen molar-refractivity contribution in [3.05, 3.63) is 12.2 Å². The SMILES string of the molecule is C=C(CC=O)CC1CCCS(=O)(=O)C1. The number of sulfone groups is 1. The molecule has 3 nitrogen and oxygen atoms in total. The molecule has 80 valence electrons. The van der Waals surface area contributed by atoms with Crippen LogP contribution in [0.5, 0.6) is 0 Å². The molecule has 0 aromatic heterocycles. The highest BCUT2D eigenvalue weighted by molar-refractivity contribution is 7.91. The normalized spacial score (nSPS) is 25.6. The van der Waals surface area contributed by atoms with Crippen LogP contribution < -0.4 is 0 Å². The molecule has 1 aliphatic heterocycles. The molecule has 0 N–H and O–H groups in total. The molecule has 1 rings (SSSR count). The highest BCUT2D eigenvalue weighted by Gasteiger charge is 2.24. The number of rotatable bonds is 4. The summed E-state index contributed by atoms with van der Waals surface area (Å²) in [6.45, 7) is 3.76. The molecule has 0 amide bonds. The Bertz CT molecular complexity index is 316. The van der Waals surface area contributed by atoms with Crippen molar-refractivity contribution >= 4 is 16.1 Å². The van der Waals surface area contributed by atoms with Crippen molar-refractivity contribution in [2.75, 3.05) is 11.5 Å². The van der Waals surface area contributed by atoms with Crippen molar-refractivity contribution < 1.29 is 13.2 Å². The molecule has 0 spiro atoms. The minimum absolute atomic E-state index is 0.182. The third-order valence-electron chi connectivity index (χ3n) is 2.51. The average molecular weight is 216 g/mol. The Kier molecular flexibility index (Phi) is 3.86. The van der Waals surface area contributed by atoms with Crippen LogP contribution in [0.15, 0.2) is 12.2 Å². The molecule has 1 atom stereocenters. The van der Waals surface area contributed by atoms with E-state index in [-0.39, 0.29) is 11.7 Å². The summed E-state index contributed by atoms with van der Waals surface area (Å²) in [6.07, 6.45) is 3.55. The fourth-order valence-electron chi connectivity index (χ4n) is 1.89. The van der Waals surface area contributed by atoms with Gasteiger partial charge >= 0.3 is 0 Å². The molecule has 1 aliphatic rings. The summed E-state index contributed by atoms with van der Waals surface area (Å²) >= 11 is 0. The van der Waals surface area contributed by atoms with Gasteiger partial charge in [0.2, 0.25) is 0 Å². The van der Waals surface area contributed by atoms with E-state index >= 15 is 0 Å². The average Bonchev–Trinajstić information content (AvgIpc) is 2.02. The van der Waals surface area contributed by atoms with E-state index in [0.29, 0.717) is 18.6 Å². The predicted octanol–water partition coefficient (Wildman–Crippen LogP) is 1.35. The van der Waals surface area contributed by atoms with E-state index in [1.54, 1.807) is 0 Å². The Morgan fingerprint density at radius 2 is 2.21 bits per heavy atom. The first kappa shape index (κ1) is 11.4. The maximum atomic E-state index is 11.3. The van der Waals surface area contributed by atoms with Gasteiger partial charge in [0.15, 0.2) is 9.84 Å². The van der Waals surface area contributed by atoms with E-state index in [1.807, 2.05) is 0 Å². The van der Waals surface area contributed by atoms with Crippen molar-refractivity contribution in [1.29, 1.82) is 0 Å². The zero-order valence-corrected chi connectivity index (χ0v) is 9.05. The van der Waals surface area contributed by atoms with E-state index in [0.717, 1.165) is 24.7 Å². The zero-order valence-electron chi connectivity index (χ0n) is 8.24. The quantitative estimate of drug-likeness (QED) is 0.526. The maximum Gasteiger partial charge on any atom is 0.150 e. The smallest absolute Gasteiger partial charge is 0.150 e. The van der Waals surface area contributed by atoms with Gasteiger partial charge < -0.3 is 4.79 Å². The minimum Gasteiger partial charge on any atom is -0.303 e. The molecule has 1 fully saturated rings. The van der Waals surface area contributed by atoms with Gasteiger partial charge in [0, 0.05) is 6.42 Å². The molecule has 4 heteroatoms. The highest BCUT2D eigenvalue weighted by atomic mass is 32.2. The Morgan fingerprint density at radius 3 is 2.79 bits per heavy atom. The maximum absolute atomic E-state index is 11.3. The van der Waals surface area contributed by atoms with E-state index in [9.17, 15) is 13.2 Å². The molecule has 0 bridgehead atoms. The van der Waals surface area contributed by atoms with Crippen molar-refractivity contribution in [1.82, 2.24) is 0 Å². The van der Waals surface area contributed by atoms with Gasteiger partial charge in [-0.25, -0.2) is 8.42 Å². The predicted molar refractivity (Wildman–Crippen MR) is 55.8 cm³/mol.